The Bertz CT molecular complexity index is 477. The van der Waals surface area contributed by atoms with Crippen molar-refractivity contribution in [2.45, 2.75) is 39.8 Å². The van der Waals surface area contributed by atoms with Crippen LogP contribution in [0.5, 0.6) is 0 Å². The van der Waals surface area contributed by atoms with Gasteiger partial charge in [0.25, 0.3) is 0 Å². The summed E-state index contributed by atoms with van der Waals surface area (Å²) in [6.45, 7) is 8.91. The van der Waals surface area contributed by atoms with Crippen LogP contribution in [0.4, 0.5) is 5.69 Å². The van der Waals surface area contributed by atoms with Gasteiger partial charge in [-0.25, -0.2) is 0 Å². The minimum Gasteiger partial charge on any atom is -0.325 e. The third kappa shape index (κ3) is 4.08. The minimum absolute atomic E-state index is 0.0503. The van der Waals surface area contributed by atoms with Crippen molar-refractivity contribution in [3.8, 4) is 6.07 Å². The molecule has 1 aromatic rings. The lowest BCUT2D eigenvalue weighted by Crippen LogP contribution is -2.45. The Kier molecular flexibility index (Phi) is 5.53. The Labute approximate surface area is 115 Å². The SMILES string of the molecule is CCN(C(C)C)C(C)C(=O)Nc1cccc(C#N)c1. The van der Waals surface area contributed by atoms with Gasteiger partial charge in [0, 0.05) is 11.7 Å². The van der Waals surface area contributed by atoms with E-state index in [1.54, 1.807) is 24.3 Å². The van der Waals surface area contributed by atoms with E-state index in [-0.39, 0.29) is 11.9 Å². The van der Waals surface area contributed by atoms with E-state index < -0.39 is 0 Å². The molecular formula is C15H21N3O. The monoisotopic (exact) mass is 259 g/mol. The van der Waals surface area contributed by atoms with Crippen LogP contribution < -0.4 is 5.32 Å². The van der Waals surface area contributed by atoms with Crippen LogP contribution >= 0.6 is 0 Å². The average molecular weight is 259 g/mol. The van der Waals surface area contributed by atoms with Gasteiger partial charge in [0.05, 0.1) is 17.7 Å². The Hall–Kier alpha value is -1.86. The van der Waals surface area contributed by atoms with Crippen LogP contribution in [0.1, 0.15) is 33.3 Å². The van der Waals surface area contributed by atoms with Crippen molar-refractivity contribution in [1.82, 2.24) is 4.90 Å². The molecule has 0 aliphatic rings. The largest absolute Gasteiger partial charge is 0.325 e. The number of carbonyl (C=O) groups excluding carboxylic acids is 1. The van der Waals surface area contributed by atoms with Crippen LogP contribution in [-0.2, 0) is 4.79 Å². The van der Waals surface area contributed by atoms with E-state index in [1.807, 2.05) is 13.8 Å². The maximum atomic E-state index is 12.2. The summed E-state index contributed by atoms with van der Waals surface area (Å²) >= 11 is 0. The fourth-order valence-corrected chi connectivity index (χ4v) is 2.15. The van der Waals surface area contributed by atoms with Gasteiger partial charge in [-0.15, -0.1) is 0 Å². The van der Waals surface area contributed by atoms with Crippen LogP contribution in [0.25, 0.3) is 0 Å². The van der Waals surface area contributed by atoms with Gasteiger partial charge in [0.15, 0.2) is 0 Å². The first kappa shape index (κ1) is 15.2. The normalized spacial score (nSPS) is 12.3. The van der Waals surface area contributed by atoms with Crippen molar-refractivity contribution in [2.24, 2.45) is 0 Å². The van der Waals surface area contributed by atoms with Crippen LogP contribution in [0, 0.1) is 11.3 Å². The number of hydrogen-bond donors (Lipinski definition) is 1. The fraction of sp³-hybridized carbons (Fsp3) is 0.467. The molecule has 0 aliphatic carbocycles. The summed E-state index contributed by atoms with van der Waals surface area (Å²) in [4.78, 5) is 14.3. The second-order valence-electron chi connectivity index (χ2n) is 4.78. The Morgan fingerprint density at radius 2 is 2.11 bits per heavy atom. The molecule has 0 bridgehead atoms. The van der Waals surface area contributed by atoms with Gasteiger partial charge in [-0.1, -0.05) is 13.0 Å². The van der Waals surface area contributed by atoms with Crippen molar-refractivity contribution < 1.29 is 4.79 Å². The molecule has 0 heterocycles. The van der Waals surface area contributed by atoms with Gasteiger partial charge >= 0.3 is 0 Å². The molecule has 4 heteroatoms. The van der Waals surface area contributed by atoms with Crippen LogP contribution in [-0.4, -0.2) is 29.4 Å². The van der Waals surface area contributed by atoms with Crippen LogP contribution in [0.3, 0.4) is 0 Å². The predicted molar refractivity (Wildman–Crippen MR) is 76.8 cm³/mol. The molecule has 1 rings (SSSR count). The molecule has 0 aromatic heterocycles. The molecule has 0 radical (unpaired) electrons. The first-order valence-electron chi connectivity index (χ1n) is 6.56. The molecular weight excluding hydrogens is 238 g/mol. The van der Waals surface area contributed by atoms with E-state index in [1.165, 1.54) is 0 Å². The second-order valence-corrected chi connectivity index (χ2v) is 4.78. The summed E-state index contributed by atoms with van der Waals surface area (Å²) in [7, 11) is 0. The third-order valence-corrected chi connectivity index (χ3v) is 3.16. The van der Waals surface area contributed by atoms with Crippen molar-refractivity contribution in [3.63, 3.8) is 0 Å². The van der Waals surface area contributed by atoms with Gasteiger partial charge in [0.1, 0.15) is 0 Å². The van der Waals surface area contributed by atoms with Crippen molar-refractivity contribution in [1.29, 1.82) is 5.26 Å². The number of anilines is 1. The van der Waals surface area contributed by atoms with Gasteiger partial charge in [-0.3, -0.25) is 9.69 Å². The van der Waals surface area contributed by atoms with E-state index in [4.69, 9.17) is 5.26 Å². The number of nitrogens with zero attached hydrogens (tertiary/aromatic N) is 2. The van der Waals surface area contributed by atoms with Gasteiger partial charge in [-0.05, 0) is 45.5 Å². The summed E-state index contributed by atoms with van der Waals surface area (Å²) in [6.07, 6.45) is 0. The minimum atomic E-state index is -0.198. The molecule has 1 amide bonds. The number of amides is 1. The Morgan fingerprint density at radius 3 is 2.63 bits per heavy atom. The van der Waals surface area contributed by atoms with Crippen molar-refractivity contribution in [2.75, 3.05) is 11.9 Å². The van der Waals surface area contributed by atoms with Gasteiger partial charge in [0.2, 0.25) is 5.91 Å². The number of nitriles is 1. The van der Waals surface area contributed by atoms with Crippen molar-refractivity contribution >= 4 is 11.6 Å². The quantitative estimate of drug-likeness (QED) is 0.884. The van der Waals surface area contributed by atoms with E-state index in [0.29, 0.717) is 17.3 Å². The first-order chi connectivity index (χ1) is 8.99. The number of likely N-dealkylation sites (N-methyl/N-ethyl adjacent to an activating group) is 1. The molecule has 1 N–H and O–H groups in total. The molecule has 1 unspecified atom stereocenters. The van der Waals surface area contributed by atoms with Gasteiger partial charge < -0.3 is 5.32 Å². The lowest BCUT2D eigenvalue weighted by Gasteiger charge is -2.30. The maximum absolute atomic E-state index is 12.2. The molecule has 0 fully saturated rings. The lowest BCUT2D eigenvalue weighted by molar-refractivity contribution is -0.121. The Balaban J connectivity index is 2.76. The molecule has 0 saturated carbocycles. The summed E-state index contributed by atoms with van der Waals surface area (Å²) in [6, 6.07) is 9.12. The highest BCUT2D eigenvalue weighted by atomic mass is 16.2. The molecule has 0 aliphatic heterocycles. The highest BCUT2D eigenvalue weighted by Crippen LogP contribution is 2.12. The van der Waals surface area contributed by atoms with Gasteiger partial charge in [-0.2, -0.15) is 5.26 Å². The molecule has 102 valence electrons. The highest BCUT2D eigenvalue weighted by molar-refractivity contribution is 5.94. The zero-order valence-electron chi connectivity index (χ0n) is 12.0. The zero-order chi connectivity index (χ0) is 14.4. The van der Waals surface area contributed by atoms with Crippen molar-refractivity contribution in [3.05, 3.63) is 29.8 Å². The summed E-state index contributed by atoms with van der Waals surface area (Å²) in [5.74, 6) is -0.0503. The molecule has 1 atom stereocenters. The number of rotatable bonds is 5. The van der Waals surface area contributed by atoms with Crippen LogP contribution in [0.2, 0.25) is 0 Å². The van der Waals surface area contributed by atoms with Crippen LogP contribution in [0.15, 0.2) is 24.3 Å². The van der Waals surface area contributed by atoms with E-state index >= 15 is 0 Å². The standard InChI is InChI=1S/C15H21N3O/c1-5-18(11(2)3)12(4)15(19)17-14-8-6-7-13(9-14)10-16/h6-9,11-12H,5H2,1-4H3,(H,17,19). The predicted octanol–water partition coefficient (Wildman–Crippen LogP) is 2.62. The first-order valence-corrected chi connectivity index (χ1v) is 6.56. The highest BCUT2D eigenvalue weighted by Gasteiger charge is 2.22. The average Bonchev–Trinajstić information content (AvgIpc) is 2.39. The molecule has 19 heavy (non-hydrogen) atoms. The van der Waals surface area contributed by atoms with E-state index in [0.717, 1.165) is 6.54 Å². The summed E-state index contributed by atoms with van der Waals surface area (Å²) < 4.78 is 0. The Morgan fingerprint density at radius 1 is 1.42 bits per heavy atom. The second kappa shape index (κ2) is 6.91. The van der Waals surface area contributed by atoms with E-state index in [2.05, 4.69) is 30.1 Å². The number of nitrogens with one attached hydrogen (secondary N) is 1. The molecule has 0 spiro atoms. The number of benzene rings is 1. The molecule has 0 saturated heterocycles. The van der Waals surface area contributed by atoms with E-state index in [9.17, 15) is 4.79 Å². The molecule has 4 nitrogen and oxygen atoms in total. The summed E-state index contributed by atoms with van der Waals surface area (Å²) in [5.41, 5.74) is 1.21. The smallest absolute Gasteiger partial charge is 0.241 e. The number of carbonyl (C=O) groups is 1. The molecule has 1 aromatic carbocycles. The topological polar surface area (TPSA) is 56.1 Å². The zero-order valence-corrected chi connectivity index (χ0v) is 12.0. The number of hydrogen-bond acceptors (Lipinski definition) is 3. The maximum Gasteiger partial charge on any atom is 0.241 e. The third-order valence-electron chi connectivity index (χ3n) is 3.16. The lowest BCUT2D eigenvalue weighted by atomic mass is 10.2. The fourth-order valence-electron chi connectivity index (χ4n) is 2.15. The summed E-state index contributed by atoms with van der Waals surface area (Å²) in [5, 5.41) is 11.7.